The van der Waals surface area contributed by atoms with Gasteiger partial charge < -0.3 is 0 Å². The van der Waals surface area contributed by atoms with Gasteiger partial charge in [0.05, 0.1) is 12.9 Å². The molecule has 0 spiro atoms. The SMILES string of the molecule is CCCCCCCCC(CCCCCCCC)CCCCCCOS(C)(=O)=O. The van der Waals surface area contributed by atoms with Gasteiger partial charge in [0, 0.05) is 0 Å². The van der Waals surface area contributed by atoms with Gasteiger partial charge in [0.15, 0.2) is 0 Å². The zero-order chi connectivity index (χ0) is 20.9. The predicted octanol–water partition coefficient (Wildman–Crippen LogP) is 8.03. The van der Waals surface area contributed by atoms with Crippen molar-refractivity contribution in [1.29, 1.82) is 0 Å². The highest BCUT2D eigenvalue weighted by atomic mass is 32.2. The molecule has 0 N–H and O–H groups in total. The maximum Gasteiger partial charge on any atom is 0.264 e. The predicted molar refractivity (Wildman–Crippen MR) is 123 cm³/mol. The van der Waals surface area contributed by atoms with Crippen LogP contribution in [0, 0.1) is 5.92 Å². The molecule has 0 heterocycles. The number of unbranched alkanes of at least 4 members (excludes halogenated alkanes) is 13. The minimum absolute atomic E-state index is 0.345. The van der Waals surface area contributed by atoms with Gasteiger partial charge in [-0.05, 0) is 12.3 Å². The molecule has 0 bridgehead atoms. The highest BCUT2D eigenvalue weighted by molar-refractivity contribution is 7.85. The van der Waals surface area contributed by atoms with Gasteiger partial charge in [-0.1, -0.05) is 129 Å². The second kappa shape index (κ2) is 20.2. The van der Waals surface area contributed by atoms with Crippen molar-refractivity contribution in [3.05, 3.63) is 0 Å². The molecule has 4 heteroatoms. The Labute approximate surface area is 177 Å². The van der Waals surface area contributed by atoms with Gasteiger partial charge >= 0.3 is 0 Å². The number of hydrogen-bond acceptors (Lipinski definition) is 3. The molecule has 0 rings (SSSR count). The quantitative estimate of drug-likeness (QED) is 0.132. The molecule has 0 aliphatic rings. The fraction of sp³-hybridized carbons (Fsp3) is 1.00. The smallest absolute Gasteiger partial charge is 0.264 e. The summed E-state index contributed by atoms with van der Waals surface area (Å²) in [6.45, 7) is 4.91. The summed E-state index contributed by atoms with van der Waals surface area (Å²) in [6, 6.07) is 0. The van der Waals surface area contributed by atoms with Crippen LogP contribution in [-0.4, -0.2) is 21.3 Å². The molecule has 3 nitrogen and oxygen atoms in total. The largest absolute Gasteiger partial charge is 0.270 e. The molecule has 0 saturated heterocycles. The standard InChI is InChI=1S/C24H50O3S/c1-4-6-8-10-12-16-20-24(21-17-13-11-9-7-5-2)22-18-14-15-19-23-27-28(3,25)26/h24H,4-23H2,1-3H3. The molecule has 0 fully saturated rings. The lowest BCUT2D eigenvalue weighted by molar-refractivity contribution is 0.306. The highest BCUT2D eigenvalue weighted by Gasteiger charge is 2.09. The molecule has 170 valence electrons. The molecule has 0 radical (unpaired) electrons. The minimum Gasteiger partial charge on any atom is -0.270 e. The normalized spacial score (nSPS) is 12.1. The van der Waals surface area contributed by atoms with Crippen molar-refractivity contribution in [1.82, 2.24) is 0 Å². The van der Waals surface area contributed by atoms with E-state index in [2.05, 4.69) is 13.8 Å². The van der Waals surface area contributed by atoms with Crippen molar-refractivity contribution >= 4 is 10.1 Å². The van der Waals surface area contributed by atoms with Crippen molar-refractivity contribution in [2.45, 2.75) is 136 Å². The van der Waals surface area contributed by atoms with E-state index < -0.39 is 10.1 Å². The van der Waals surface area contributed by atoms with E-state index in [1.54, 1.807) is 0 Å². The van der Waals surface area contributed by atoms with E-state index in [0.29, 0.717) is 6.61 Å². The summed E-state index contributed by atoms with van der Waals surface area (Å²) in [5.74, 6) is 0.907. The summed E-state index contributed by atoms with van der Waals surface area (Å²) in [7, 11) is -3.27. The molecule has 0 amide bonds. The molecule has 0 aliphatic heterocycles. The molecule has 0 saturated carbocycles. The monoisotopic (exact) mass is 418 g/mol. The first kappa shape index (κ1) is 27.9. The van der Waals surface area contributed by atoms with Gasteiger partial charge in [-0.2, -0.15) is 8.42 Å². The van der Waals surface area contributed by atoms with Crippen LogP contribution in [0.15, 0.2) is 0 Å². The number of rotatable bonds is 22. The van der Waals surface area contributed by atoms with Crippen molar-refractivity contribution < 1.29 is 12.6 Å². The van der Waals surface area contributed by atoms with Crippen LogP contribution in [0.4, 0.5) is 0 Å². The van der Waals surface area contributed by atoms with Crippen LogP contribution < -0.4 is 0 Å². The summed E-state index contributed by atoms with van der Waals surface area (Å²) in [5, 5.41) is 0. The van der Waals surface area contributed by atoms with E-state index in [9.17, 15) is 8.42 Å². The maximum absolute atomic E-state index is 11.0. The fourth-order valence-corrected chi connectivity index (χ4v) is 4.38. The number of hydrogen-bond donors (Lipinski definition) is 0. The molecule has 0 atom stereocenters. The maximum atomic E-state index is 11.0. The Morgan fingerprint density at radius 1 is 0.571 bits per heavy atom. The van der Waals surface area contributed by atoms with Crippen molar-refractivity contribution in [2.24, 2.45) is 5.92 Å². The van der Waals surface area contributed by atoms with Gasteiger partial charge in [-0.25, -0.2) is 0 Å². The molecular formula is C24H50O3S. The molecule has 0 aromatic rings. The van der Waals surface area contributed by atoms with Crippen LogP contribution in [-0.2, 0) is 14.3 Å². The van der Waals surface area contributed by atoms with Gasteiger partial charge in [0.2, 0.25) is 0 Å². The van der Waals surface area contributed by atoms with E-state index in [0.717, 1.165) is 25.0 Å². The second-order valence-corrected chi connectivity index (χ2v) is 10.4. The molecule has 0 aromatic carbocycles. The molecular weight excluding hydrogens is 368 g/mol. The first-order chi connectivity index (χ1) is 13.5. The van der Waals surface area contributed by atoms with Crippen molar-refractivity contribution in [3.63, 3.8) is 0 Å². The van der Waals surface area contributed by atoms with Crippen LogP contribution >= 0.6 is 0 Å². The Bertz CT molecular complexity index is 390. The molecule has 0 unspecified atom stereocenters. The third-order valence-corrected chi connectivity index (χ3v) is 6.33. The van der Waals surface area contributed by atoms with E-state index in [4.69, 9.17) is 4.18 Å². The summed E-state index contributed by atoms with van der Waals surface area (Å²) in [5.41, 5.74) is 0. The molecule has 28 heavy (non-hydrogen) atoms. The van der Waals surface area contributed by atoms with Crippen LogP contribution in [0.3, 0.4) is 0 Å². The highest BCUT2D eigenvalue weighted by Crippen LogP contribution is 2.24. The summed E-state index contributed by atoms with van der Waals surface area (Å²) >= 11 is 0. The Morgan fingerprint density at radius 2 is 0.929 bits per heavy atom. The third kappa shape index (κ3) is 22.2. The second-order valence-electron chi connectivity index (χ2n) is 8.71. The molecule has 0 aliphatic carbocycles. The zero-order valence-corrected chi connectivity index (χ0v) is 20.2. The van der Waals surface area contributed by atoms with Crippen molar-refractivity contribution in [2.75, 3.05) is 12.9 Å². The van der Waals surface area contributed by atoms with Gasteiger partial charge in [0.25, 0.3) is 10.1 Å². The molecule has 0 aromatic heterocycles. The first-order valence-electron chi connectivity index (χ1n) is 12.3. The van der Waals surface area contributed by atoms with E-state index in [-0.39, 0.29) is 0 Å². The third-order valence-electron chi connectivity index (χ3n) is 5.74. The Balaban J connectivity index is 3.87. The van der Waals surface area contributed by atoms with E-state index >= 15 is 0 Å². The van der Waals surface area contributed by atoms with Crippen LogP contribution in [0.1, 0.15) is 136 Å². The van der Waals surface area contributed by atoms with Gasteiger partial charge in [0.1, 0.15) is 0 Å². The minimum atomic E-state index is -3.27. The average Bonchev–Trinajstić information content (AvgIpc) is 2.64. The lowest BCUT2D eigenvalue weighted by Crippen LogP contribution is -2.04. The van der Waals surface area contributed by atoms with Crippen LogP contribution in [0.2, 0.25) is 0 Å². The summed E-state index contributed by atoms with van der Waals surface area (Å²) in [6.07, 6.45) is 26.5. The topological polar surface area (TPSA) is 43.4 Å². The van der Waals surface area contributed by atoms with Crippen molar-refractivity contribution in [3.8, 4) is 0 Å². The summed E-state index contributed by atoms with van der Waals surface area (Å²) in [4.78, 5) is 0. The van der Waals surface area contributed by atoms with Gasteiger partial charge in [-0.15, -0.1) is 0 Å². The average molecular weight is 419 g/mol. The Morgan fingerprint density at radius 3 is 1.32 bits per heavy atom. The lowest BCUT2D eigenvalue weighted by Gasteiger charge is -2.17. The van der Waals surface area contributed by atoms with E-state index in [1.807, 2.05) is 0 Å². The van der Waals surface area contributed by atoms with Crippen LogP contribution in [0.5, 0.6) is 0 Å². The fourth-order valence-electron chi connectivity index (χ4n) is 3.96. The Kier molecular flexibility index (Phi) is 20.1. The van der Waals surface area contributed by atoms with E-state index in [1.165, 1.54) is 109 Å². The van der Waals surface area contributed by atoms with Gasteiger partial charge in [-0.3, -0.25) is 4.18 Å². The Hall–Kier alpha value is -0.0900. The lowest BCUT2D eigenvalue weighted by atomic mass is 9.89. The van der Waals surface area contributed by atoms with Crippen LogP contribution in [0.25, 0.3) is 0 Å². The summed E-state index contributed by atoms with van der Waals surface area (Å²) < 4.78 is 26.7. The zero-order valence-electron chi connectivity index (χ0n) is 19.4. The first-order valence-corrected chi connectivity index (χ1v) is 14.2.